The second-order valence-electron chi connectivity index (χ2n) is 6.80. The number of carboxylic acid groups (broad SMARTS) is 1. The predicted octanol–water partition coefficient (Wildman–Crippen LogP) is 2.61. The molecule has 0 saturated heterocycles. The molecule has 0 bridgehead atoms. The van der Waals surface area contributed by atoms with Crippen LogP contribution in [-0.2, 0) is 4.79 Å². The molecule has 1 N–H and O–H groups in total. The third-order valence-electron chi connectivity index (χ3n) is 4.34. The summed E-state index contributed by atoms with van der Waals surface area (Å²) in [5.41, 5.74) is 0.463. The Morgan fingerprint density at radius 1 is 1.31 bits per heavy atom. The molecule has 1 saturated carbocycles. The lowest BCUT2D eigenvalue weighted by Gasteiger charge is -2.25. The van der Waals surface area contributed by atoms with Gasteiger partial charge in [0.1, 0.15) is 17.7 Å². The number of aliphatic carboxylic acids is 1. The van der Waals surface area contributed by atoms with Crippen molar-refractivity contribution in [1.29, 1.82) is 0 Å². The highest BCUT2D eigenvalue weighted by molar-refractivity contribution is 5.94. The second-order valence-corrected chi connectivity index (χ2v) is 6.80. The van der Waals surface area contributed by atoms with Crippen molar-refractivity contribution in [3.63, 3.8) is 0 Å². The molecule has 1 unspecified atom stereocenters. The number of hydrogen-bond acceptors (Lipinski definition) is 4. The van der Waals surface area contributed by atoms with Crippen LogP contribution in [0, 0.1) is 5.82 Å². The number of nitrogens with zero attached hydrogens (tertiary/aromatic N) is 4. The van der Waals surface area contributed by atoms with Gasteiger partial charge in [0.15, 0.2) is 0 Å². The molecular weight excluding hydrogens is 339 g/mol. The SMILES string of the molecule is CC(C)c1nc(C(=O)N(C2CC2)C(C)C(=O)O)nn1-c1cccc(F)c1. The molecular formula is C18H21FN4O3. The highest BCUT2D eigenvalue weighted by atomic mass is 19.1. The number of hydrogen-bond donors (Lipinski definition) is 1. The summed E-state index contributed by atoms with van der Waals surface area (Å²) in [7, 11) is 0. The number of rotatable bonds is 6. The number of aromatic nitrogens is 3. The zero-order valence-corrected chi connectivity index (χ0v) is 14.9. The van der Waals surface area contributed by atoms with Crippen molar-refractivity contribution in [3.8, 4) is 5.69 Å². The van der Waals surface area contributed by atoms with Crippen LogP contribution in [0.1, 0.15) is 56.0 Å². The standard InChI is InChI=1S/C18H21FN4O3/c1-10(2)16-20-15(21-23(16)14-6-4-5-12(19)9-14)17(24)22(13-7-8-13)11(3)18(25)26/h4-6,9-11,13H,7-8H2,1-3H3,(H,25,26). The van der Waals surface area contributed by atoms with Crippen molar-refractivity contribution in [3.05, 3.63) is 41.7 Å². The average molecular weight is 360 g/mol. The van der Waals surface area contributed by atoms with Crippen molar-refractivity contribution in [1.82, 2.24) is 19.7 Å². The number of carboxylic acids is 1. The molecule has 26 heavy (non-hydrogen) atoms. The maximum absolute atomic E-state index is 13.6. The molecule has 2 aromatic rings. The van der Waals surface area contributed by atoms with Gasteiger partial charge in [-0.3, -0.25) is 4.79 Å². The van der Waals surface area contributed by atoms with Crippen LogP contribution in [0.2, 0.25) is 0 Å². The van der Waals surface area contributed by atoms with Crippen LogP contribution in [-0.4, -0.2) is 48.7 Å². The predicted molar refractivity (Wildman–Crippen MR) is 91.7 cm³/mol. The van der Waals surface area contributed by atoms with Gasteiger partial charge in [-0.1, -0.05) is 19.9 Å². The van der Waals surface area contributed by atoms with E-state index in [-0.39, 0.29) is 17.8 Å². The fraction of sp³-hybridized carbons (Fsp3) is 0.444. The van der Waals surface area contributed by atoms with Gasteiger partial charge >= 0.3 is 5.97 Å². The molecule has 1 aliphatic rings. The lowest BCUT2D eigenvalue weighted by Crippen LogP contribution is -2.45. The number of halogens is 1. The number of carbonyl (C=O) groups excluding carboxylic acids is 1. The first kappa shape index (κ1) is 18.0. The van der Waals surface area contributed by atoms with Crippen LogP contribution in [0.25, 0.3) is 5.69 Å². The monoisotopic (exact) mass is 360 g/mol. The Hall–Kier alpha value is -2.77. The van der Waals surface area contributed by atoms with Crippen LogP contribution in [0.5, 0.6) is 0 Å². The molecule has 138 valence electrons. The van der Waals surface area contributed by atoms with E-state index >= 15 is 0 Å². The van der Waals surface area contributed by atoms with E-state index in [1.165, 1.54) is 28.6 Å². The van der Waals surface area contributed by atoms with Crippen molar-refractivity contribution in [2.45, 2.75) is 51.6 Å². The van der Waals surface area contributed by atoms with Gasteiger partial charge in [0.05, 0.1) is 5.69 Å². The van der Waals surface area contributed by atoms with Crippen molar-refractivity contribution in [2.75, 3.05) is 0 Å². The maximum atomic E-state index is 13.6. The second kappa shape index (κ2) is 6.86. The molecule has 1 aromatic carbocycles. The van der Waals surface area contributed by atoms with Gasteiger partial charge in [-0.05, 0) is 38.0 Å². The first-order valence-electron chi connectivity index (χ1n) is 8.58. The van der Waals surface area contributed by atoms with E-state index in [0.717, 1.165) is 12.8 Å². The summed E-state index contributed by atoms with van der Waals surface area (Å²) >= 11 is 0. The Morgan fingerprint density at radius 2 is 2.00 bits per heavy atom. The van der Waals surface area contributed by atoms with E-state index in [4.69, 9.17) is 0 Å². The quantitative estimate of drug-likeness (QED) is 0.855. The van der Waals surface area contributed by atoms with Crippen molar-refractivity contribution < 1.29 is 19.1 Å². The fourth-order valence-electron chi connectivity index (χ4n) is 2.83. The minimum absolute atomic E-state index is 0.0569. The van der Waals surface area contributed by atoms with Crippen molar-refractivity contribution >= 4 is 11.9 Å². The van der Waals surface area contributed by atoms with E-state index in [0.29, 0.717) is 11.5 Å². The zero-order valence-electron chi connectivity index (χ0n) is 14.9. The summed E-state index contributed by atoms with van der Waals surface area (Å²) in [5, 5.41) is 13.6. The lowest BCUT2D eigenvalue weighted by molar-refractivity contribution is -0.141. The van der Waals surface area contributed by atoms with Gasteiger partial charge in [0, 0.05) is 12.0 Å². The summed E-state index contributed by atoms with van der Waals surface area (Å²) in [6, 6.07) is 4.81. The molecule has 1 heterocycles. The largest absolute Gasteiger partial charge is 0.480 e. The summed E-state index contributed by atoms with van der Waals surface area (Å²) in [6.45, 7) is 5.27. The molecule has 7 nitrogen and oxygen atoms in total. The van der Waals surface area contributed by atoms with E-state index in [1.54, 1.807) is 12.1 Å². The Labute approximate surface area is 150 Å². The number of amides is 1. The molecule has 0 aliphatic heterocycles. The van der Waals surface area contributed by atoms with Gasteiger partial charge in [-0.2, -0.15) is 0 Å². The van der Waals surface area contributed by atoms with Crippen LogP contribution >= 0.6 is 0 Å². The molecule has 0 spiro atoms. The zero-order chi connectivity index (χ0) is 19.0. The molecule has 1 fully saturated rings. The Kier molecular flexibility index (Phi) is 4.76. The topological polar surface area (TPSA) is 88.3 Å². The van der Waals surface area contributed by atoms with E-state index in [1.807, 2.05) is 13.8 Å². The Balaban J connectivity index is 2.01. The highest BCUT2D eigenvalue weighted by Gasteiger charge is 2.40. The Morgan fingerprint density at radius 3 is 2.54 bits per heavy atom. The molecule has 1 amide bonds. The summed E-state index contributed by atoms with van der Waals surface area (Å²) in [6.07, 6.45) is 1.54. The average Bonchev–Trinajstić information content (AvgIpc) is 3.30. The third kappa shape index (κ3) is 3.44. The normalized spacial score (nSPS) is 15.1. The molecule has 1 aliphatic carbocycles. The summed E-state index contributed by atoms with van der Waals surface area (Å²) < 4.78 is 15.0. The van der Waals surface area contributed by atoms with E-state index in [9.17, 15) is 19.1 Å². The maximum Gasteiger partial charge on any atom is 0.326 e. The van der Waals surface area contributed by atoms with Crippen molar-refractivity contribution in [2.24, 2.45) is 0 Å². The minimum atomic E-state index is -1.07. The first-order valence-corrected chi connectivity index (χ1v) is 8.58. The summed E-state index contributed by atoms with van der Waals surface area (Å²) in [5.74, 6) is -1.62. The third-order valence-corrected chi connectivity index (χ3v) is 4.34. The molecule has 1 aromatic heterocycles. The van der Waals surface area contributed by atoms with Gasteiger partial charge in [-0.25, -0.2) is 18.9 Å². The lowest BCUT2D eigenvalue weighted by atomic mass is 10.2. The van der Waals surface area contributed by atoms with Crippen LogP contribution in [0.4, 0.5) is 4.39 Å². The highest BCUT2D eigenvalue weighted by Crippen LogP contribution is 2.30. The number of benzene rings is 1. The van der Waals surface area contributed by atoms with Crippen LogP contribution in [0.3, 0.4) is 0 Å². The van der Waals surface area contributed by atoms with Gasteiger partial charge in [-0.15, -0.1) is 5.10 Å². The van der Waals surface area contributed by atoms with E-state index in [2.05, 4.69) is 10.1 Å². The molecule has 3 rings (SSSR count). The van der Waals surface area contributed by atoms with Crippen LogP contribution < -0.4 is 0 Å². The minimum Gasteiger partial charge on any atom is -0.480 e. The molecule has 8 heteroatoms. The van der Waals surface area contributed by atoms with Crippen LogP contribution in [0.15, 0.2) is 24.3 Å². The first-order chi connectivity index (χ1) is 12.3. The van der Waals surface area contributed by atoms with Gasteiger partial charge in [0.25, 0.3) is 5.91 Å². The fourth-order valence-corrected chi connectivity index (χ4v) is 2.83. The smallest absolute Gasteiger partial charge is 0.326 e. The molecule has 1 atom stereocenters. The van der Waals surface area contributed by atoms with E-state index < -0.39 is 23.7 Å². The Bertz CT molecular complexity index is 845. The van der Waals surface area contributed by atoms with Gasteiger partial charge < -0.3 is 10.0 Å². The summed E-state index contributed by atoms with van der Waals surface area (Å²) in [4.78, 5) is 29.9. The van der Waals surface area contributed by atoms with Gasteiger partial charge in [0.2, 0.25) is 5.82 Å². The molecule has 0 radical (unpaired) electrons. The number of carbonyl (C=O) groups is 2.